The number of hydrogen-bond donors (Lipinski definition) is 0. The first kappa shape index (κ1) is 26.3. The summed E-state index contributed by atoms with van der Waals surface area (Å²) < 4.78 is 59.3. The smallest absolute Gasteiger partial charge is 0.419 e. The molecule has 3 aromatic carbocycles. The maximum atomic E-state index is 14.4. The summed E-state index contributed by atoms with van der Waals surface area (Å²) in [7, 11) is 4.11. The number of methoxy groups -OCH3 is 2. The Morgan fingerprint density at radius 2 is 1.70 bits per heavy atom. The molecule has 0 bridgehead atoms. The van der Waals surface area contributed by atoms with E-state index in [0.29, 0.717) is 22.4 Å². The topological polar surface area (TPSA) is 70.7 Å². The van der Waals surface area contributed by atoms with Crippen LogP contribution in [-0.2, 0) is 11.8 Å². The number of hydrogen-bond acceptors (Lipinski definition) is 5. The maximum Gasteiger partial charge on any atom is 0.419 e. The quantitative estimate of drug-likeness (QED) is 0.258. The second-order valence-corrected chi connectivity index (χ2v) is 9.01. The molecule has 0 saturated heterocycles. The molecular weight excluding hydrogens is 511 g/mol. The Kier molecular flexibility index (Phi) is 7.10. The lowest BCUT2D eigenvalue weighted by Crippen LogP contribution is -2.26. The van der Waals surface area contributed by atoms with Gasteiger partial charge in [0, 0.05) is 12.1 Å². The van der Waals surface area contributed by atoms with Crippen LogP contribution in [0.1, 0.15) is 40.2 Å². The predicted molar refractivity (Wildman–Crippen MR) is 133 cm³/mol. The normalized spacial score (nSPS) is 13.4. The molecule has 4 rings (SSSR count). The van der Waals surface area contributed by atoms with Crippen molar-refractivity contribution in [2.24, 2.45) is 7.05 Å². The summed E-state index contributed by atoms with van der Waals surface area (Å²) in [5, 5.41) is 0.159. The third-order valence-corrected chi connectivity index (χ3v) is 6.79. The number of aryl methyl sites for hydroxylation is 1. The summed E-state index contributed by atoms with van der Waals surface area (Å²) in [5.74, 6) is -3.85. The number of rotatable bonds is 6. The van der Waals surface area contributed by atoms with Gasteiger partial charge < -0.3 is 13.9 Å². The molecule has 6 nitrogen and oxygen atoms in total. The molecule has 0 fully saturated rings. The molecule has 0 spiro atoms. The average molecular weight is 534 g/mol. The van der Waals surface area contributed by atoms with E-state index < -0.39 is 29.7 Å². The molecular formula is C27H23ClF3NO5. The highest BCUT2D eigenvalue weighted by Gasteiger charge is 2.45. The van der Waals surface area contributed by atoms with E-state index in [0.717, 1.165) is 0 Å². The monoisotopic (exact) mass is 533 g/mol. The fourth-order valence-electron chi connectivity index (χ4n) is 4.50. The molecule has 0 aliphatic carbocycles. The van der Waals surface area contributed by atoms with Crippen molar-refractivity contribution < 1.29 is 31.9 Å². The second-order valence-electron chi connectivity index (χ2n) is 8.61. The van der Waals surface area contributed by atoms with Crippen molar-refractivity contribution in [3.05, 3.63) is 86.9 Å². The molecule has 2 atom stereocenters. The predicted octanol–water partition coefficient (Wildman–Crippen LogP) is 6.70. The SMILES string of the molecule is COC(=O)c1ccc(-c2ccc(C(C)C(c3ccc4oc(=O)n(C)c4c3)C(F)(F)F)c(Cl)c2)cc1OC. The molecule has 0 N–H and O–H groups in total. The van der Waals surface area contributed by atoms with Gasteiger partial charge in [-0.05, 0) is 58.5 Å². The summed E-state index contributed by atoms with van der Waals surface area (Å²) in [5.41, 5.74) is 2.32. The van der Waals surface area contributed by atoms with Crippen molar-refractivity contribution in [3.8, 4) is 16.9 Å². The molecule has 0 aliphatic heterocycles. The zero-order valence-corrected chi connectivity index (χ0v) is 21.1. The van der Waals surface area contributed by atoms with Crippen LogP contribution < -0.4 is 10.5 Å². The van der Waals surface area contributed by atoms with Crippen molar-refractivity contribution in [3.63, 3.8) is 0 Å². The molecule has 2 unspecified atom stereocenters. The number of benzene rings is 3. The van der Waals surface area contributed by atoms with Gasteiger partial charge in [0.2, 0.25) is 0 Å². The van der Waals surface area contributed by atoms with Crippen LogP contribution in [0.2, 0.25) is 5.02 Å². The van der Waals surface area contributed by atoms with Crippen LogP contribution in [-0.4, -0.2) is 30.9 Å². The van der Waals surface area contributed by atoms with Crippen LogP contribution in [0, 0.1) is 0 Å². The first-order valence-corrected chi connectivity index (χ1v) is 11.6. The van der Waals surface area contributed by atoms with Crippen molar-refractivity contribution in [1.82, 2.24) is 4.57 Å². The zero-order valence-electron chi connectivity index (χ0n) is 20.4. The third-order valence-electron chi connectivity index (χ3n) is 6.46. The first-order valence-electron chi connectivity index (χ1n) is 11.2. The van der Waals surface area contributed by atoms with Gasteiger partial charge in [-0.15, -0.1) is 0 Å². The third kappa shape index (κ3) is 4.96. The molecule has 37 heavy (non-hydrogen) atoms. The van der Waals surface area contributed by atoms with E-state index >= 15 is 0 Å². The number of carbonyl (C=O) groups is 1. The van der Waals surface area contributed by atoms with Crippen LogP contribution >= 0.6 is 11.6 Å². The lowest BCUT2D eigenvalue weighted by Gasteiger charge is -2.28. The molecule has 10 heteroatoms. The number of oxazole rings is 1. The number of halogens is 4. The van der Waals surface area contributed by atoms with Crippen LogP contribution in [0.3, 0.4) is 0 Å². The van der Waals surface area contributed by atoms with Crippen molar-refractivity contribution in [2.75, 3.05) is 14.2 Å². The van der Waals surface area contributed by atoms with Crippen molar-refractivity contribution in [2.45, 2.75) is 24.9 Å². The Labute approximate surface area is 215 Å². The van der Waals surface area contributed by atoms with Gasteiger partial charge >= 0.3 is 17.9 Å². The van der Waals surface area contributed by atoms with E-state index in [4.69, 9.17) is 25.5 Å². The molecule has 1 aromatic heterocycles. The van der Waals surface area contributed by atoms with E-state index in [9.17, 15) is 22.8 Å². The van der Waals surface area contributed by atoms with Gasteiger partial charge in [-0.1, -0.05) is 42.8 Å². The maximum absolute atomic E-state index is 14.4. The Hall–Kier alpha value is -3.72. The van der Waals surface area contributed by atoms with Gasteiger partial charge in [0.25, 0.3) is 0 Å². The number of esters is 1. The minimum Gasteiger partial charge on any atom is -0.496 e. The minimum absolute atomic E-state index is 0.00724. The molecule has 1 heterocycles. The Morgan fingerprint density at radius 1 is 1.03 bits per heavy atom. The van der Waals surface area contributed by atoms with Gasteiger partial charge in [-0.25, -0.2) is 9.59 Å². The molecule has 0 radical (unpaired) electrons. The second kappa shape index (κ2) is 9.97. The van der Waals surface area contributed by atoms with Gasteiger partial charge in [-0.2, -0.15) is 13.2 Å². The van der Waals surface area contributed by atoms with Gasteiger partial charge in [-0.3, -0.25) is 4.57 Å². The van der Waals surface area contributed by atoms with Crippen LogP contribution in [0.15, 0.2) is 63.8 Å². The van der Waals surface area contributed by atoms with Crippen molar-refractivity contribution >= 4 is 28.7 Å². The molecule has 0 aliphatic rings. The number of carbonyl (C=O) groups excluding carboxylic acids is 1. The zero-order chi connectivity index (χ0) is 27.1. The minimum atomic E-state index is -4.59. The Balaban J connectivity index is 1.73. The standard InChI is InChI=1S/C27H23ClF3NO5/c1-14(24(27(29,30)31)17-7-10-22-21(12-17)32(2)26(34)37-22)18-8-5-15(11-20(18)28)16-6-9-19(25(33)36-4)23(13-16)35-3/h5-14,24H,1-4H3. The number of fused-ring (bicyclic) bond motifs is 1. The van der Waals surface area contributed by atoms with Crippen LogP contribution in [0.5, 0.6) is 5.75 Å². The average Bonchev–Trinajstić information content (AvgIpc) is 3.15. The molecule has 0 amide bonds. The van der Waals surface area contributed by atoms with E-state index in [1.807, 2.05) is 0 Å². The van der Waals surface area contributed by atoms with Gasteiger partial charge in [0.1, 0.15) is 11.3 Å². The summed E-state index contributed by atoms with van der Waals surface area (Å²) in [4.78, 5) is 23.7. The molecule has 4 aromatic rings. The van der Waals surface area contributed by atoms with E-state index in [-0.39, 0.29) is 27.2 Å². The van der Waals surface area contributed by atoms with E-state index in [1.165, 1.54) is 51.0 Å². The lowest BCUT2D eigenvalue weighted by molar-refractivity contribution is -0.154. The van der Waals surface area contributed by atoms with E-state index in [2.05, 4.69) is 0 Å². The summed E-state index contributed by atoms with van der Waals surface area (Å²) in [6.07, 6.45) is -4.59. The summed E-state index contributed by atoms with van der Waals surface area (Å²) in [6.45, 7) is 1.46. The van der Waals surface area contributed by atoms with E-state index in [1.54, 1.807) is 36.4 Å². The first-order chi connectivity index (χ1) is 17.5. The summed E-state index contributed by atoms with van der Waals surface area (Å²) >= 11 is 6.52. The molecule has 0 saturated carbocycles. The fourth-order valence-corrected chi connectivity index (χ4v) is 4.86. The summed E-state index contributed by atoms with van der Waals surface area (Å²) in [6, 6.07) is 13.7. The highest BCUT2D eigenvalue weighted by molar-refractivity contribution is 6.31. The van der Waals surface area contributed by atoms with Crippen LogP contribution in [0.25, 0.3) is 22.2 Å². The van der Waals surface area contributed by atoms with Crippen LogP contribution in [0.4, 0.5) is 13.2 Å². The number of ether oxygens (including phenoxy) is 2. The number of alkyl halides is 3. The Bertz CT molecular complexity index is 1540. The van der Waals surface area contributed by atoms with Crippen molar-refractivity contribution in [1.29, 1.82) is 0 Å². The van der Waals surface area contributed by atoms with Gasteiger partial charge in [0.15, 0.2) is 5.58 Å². The van der Waals surface area contributed by atoms with Gasteiger partial charge in [0.05, 0.1) is 25.7 Å². The highest BCUT2D eigenvalue weighted by atomic mass is 35.5. The Morgan fingerprint density at radius 3 is 2.32 bits per heavy atom. The number of aromatic nitrogens is 1. The lowest BCUT2D eigenvalue weighted by atomic mass is 9.81. The highest BCUT2D eigenvalue weighted by Crippen LogP contribution is 2.47. The molecule has 194 valence electrons. The largest absolute Gasteiger partial charge is 0.496 e. The number of nitrogens with zero attached hydrogens (tertiary/aromatic N) is 1. The fraction of sp³-hybridized carbons (Fsp3) is 0.259.